The third kappa shape index (κ3) is 15.4. The van der Waals surface area contributed by atoms with Crippen molar-refractivity contribution in [3.05, 3.63) is 179 Å². The van der Waals surface area contributed by atoms with Gasteiger partial charge in [-0.15, -0.1) is 0 Å². The van der Waals surface area contributed by atoms with Crippen LogP contribution in [0.15, 0.2) is 164 Å². The lowest BCUT2D eigenvalue weighted by atomic mass is 9.89. The summed E-state index contributed by atoms with van der Waals surface area (Å²) < 4.78 is 132. The van der Waals surface area contributed by atoms with Gasteiger partial charge in [0.25, 0.3) is 49.5 Å². The van der Waals surface area contributed by atoms with E-state index in [0.717, 1.165) is 117 Å². The van der Waals surface area contributed by atoms with Crippen molar-refractivity contribution in [3.63, 3.8) is 0 Å². The molecule has 101 heavy (non-hydrogen) atoms. The van der Waals surface area contributed by atoms with E-state index in [-0.39, 0.29) is 57.2 Å². The van der Waals surface area contributed by atoms with E-state index in [2.05, 4.69) is 45.9 Å². The first-order chi connectivity index (χ1) is 48.3. The number of pyridine rings is 1. The highest BCUT2D eigenvalue weighted by Gasteiger charge is 2.31. The second kappa shape index (κ2) is 31.2. The van der Waals surface area contributed by atoms with Crippen LogP contribution in [0.25, 0.3) is 55.1 Å². The fraction of sp³-hybridized carbons (Fsp3) is 0.300. The molecule has 0 saturated carbocycles. The molecule has 0 bridgehead atoms. The van der Waals surface area contributed by atoms with Crippen molar-refractivity contribution in [2.45, 2.75) is 46.3 Å². The molecular weight excluding hydrogens is 1370 g/mol. The maximum absolute atomic E-state index is 14.1. The molecular formula is C70H76F2N10O16S3. The normalized spacial score (nSPS) is 16.0. The van der Waals surface area contributed by atoms with Crippen LogP contribution in [0.4, 0.5) is 20.2 Å². The van der Waals surface area contributed by atoms with Crippen molar-refractivity contribution in [1.82, 2.24) is 36.2 Å². The van der Waals surface area contributed by atoms with Gasteiger partial charge in [-0.05, 0) is 167 Å². The van der Waals surface area contributed by atoms with E-state index in [1.165, 1.54) is 58.9 Å². The number of carbonyl (C=O) groups is 3. The molecule has 534 valence electrons. The molecule has 5 aromatic carbocycles. The predicted molar refractivity (Wildman–Crippen MR) is 379 cm³/mol. The number of fused-ring (bicyclic) bond motifs is 6. The molecule has 5 aliphatic rings. The zero-order chi connectivity index (χ0) is 72.7. The van der Waals surface area contributed by atoms with Crippen LogP contribution < -0.4 is 25.0 Å². The molecule has 0 aliphatic carbocycles. The Labute approximate surface area is 581 Å². The molecule has 0 unspecified atom stereocenters. The van der Waals surface area contributed by atoms with Crippen LogP contribution in [0.5, 0.6) is 11.5 Å². The number of ether oxygens (including phenoxy) is 2. The quantitative estimate of drug-likeness (QED) is 0.114. The lowest BCUT2D eigenvalue weighted by molar-refractivity contribution is -0.123. The minimum absolute atomic E-state index is 0.0500. The molecule has 0 amide bonds. The second-order valence-electron chi connectivity index (χ2n) is 24.5. The summed E-state index contributed by atoms with van der Waals surface area (Å²) in [7, 11) is -0.0369. The molecule has 26 nitrogen and oxygen atoms in total. The number of hydrogen-bond donors (Lipinski definition) is 3. The standard InChI is InChI=1S/C23H26FN3O3S.C23H24FN3O3S.C21H20N4O4S.3CH2O2/c2*1-25-9-7-16(8-10-25)20-15-27(21-5-3-17(24)13-19(20)21)31(28,29)18-4-6-22-23(14-18)30-12-11-26(22)2;1-23-10-7-14(8-11-23)16-13-25(18-4-3-9-22-20(16)18)30(27,28)15-5-6-17-19(12-15)29-21(26)24(17)2;3*2-1-3/h3-6,13-16H,7-12H2,1-2H3;3-7,13-15H,8-12H2,1-2H3;3-7,9,12-13H,8,10-11H2,1-2H3;3*1H,(H,2,3). The van der Waals surface area contributed by atoms with Gasteiger partial charge in [-0.1, -0.05) is 12.2 Å². The number of piperidine rings is 1. The zero-order valence-electron chi connectivity index (χ0n) is 56.1. The van der Waals surface area contributed by atoms with E-state index in [9.17, 15) is 38.8 Å². The predicted octanol–water partition coefficient (Wildman–Crippen LogP) is 8.76. The summed E-state index contributed by atoms with van der Waals surface area (Å²) in [6.45, 7) is 7.02. The van der Waals surface area contributed by atoms with Gasteiger partial charge in [0.15, 0.2) is 5.58 Å². The smallest absolute Gasteiger partial charge is 0.419 e. The molecule has 0 spiro atoms. The van der Waals surface area contributed by atoms with Crippen molar-refractivity contribution >= 4 is 116 Å². The van der Waals surface area contributed by atoms with E-state index < -0.39 is 35.8 Å². The van der Waals surface area contributed by atoms with E-state index in [1.54, 1.807) is 92.5 Å². The van der Waals surface area contributed by atoms with Crippen LogP contribution in [-0.4, -0.2) is 197 Å². The highest BCUT2D eigenvalue weighted by atomic mass is 32.2. The second-order valence-corrected chi connectivity index (χ2v) is 29.9. The van der Waals surface area contributed by atoms with Crippen LogP contribution in [0.3, 0.4) is 0 Å². The average Bonchev–Trinajstić information content (AvgIpc) is 1.64. The Balaban J connectivity index is 0.000000154. The summed E-state index contributed by atoms with van der Waals surface area (Å²) >= 11 is 0. The minimum atomic E-state index is -3.92. The Morgan fingerprint density at radius 2 is 0.970 bits per heavy atom. The third-order valence-electron chi connectivity index (χ3n) is 18.2. The van der Waals surface area contributed by atoms with Gasteiger partial charge in [-0.25, -0.2) is 50.7 Å². The monoisotopic (exact) mass is 1450 g/mol. The first kappa shape index (κ1) is 73.5. The third-order valence-corrected chi connectivity index (χ3v) is 23.2. The highest BCUT2D eigenvalue weighted by molar-refractivity contribution is 7.90. The molecule has 15 rings (SSSR count). The van der Waals surface area contributed by atoms with Gasteiger partial charge in [0, 0.05) is 112 Å². The molecule has 0 radical (unpaired) electrons. The van der Waals surface area contributed by atoms with Gasteiger partial charge in [0.05, 0.1) is 66.7 Å². The molecule has 1 fully saturated rings. The van der Waals surface area contributed by atoms with Gasteiger partial charge in [-0.3, -0.25) is 23.9 Å². The summed E-state index contributed by atoms with van der Waals surface area (Å²) in [5, 5.41) is 21.9. The van der Waals surface area contributed by atoms with Crippen molar-refractivity contribution in [2.75, 3.05) is 111 Å². The first-order valence-electron chi connectivity index (χ1n) is 31.9. The molecule has 5 aliphatic heterocycles. The number of rotatable bonds is 9. The molecule has 1 saturated heterocycles. The summed E-state index contributed by atoms with van der Waals surface area (Å²) in [4.78, 5) is 52.4. The maximum atomic E-state index is 14.1. The number of hydrogen-bond acceptors (Lipinski definition) is 19. The fourth-order valence-electron chi connectivity index (χ4n) is 12.8. The number of benzene rings is 5. The Hall–Kier alpha value is -10.2. The fourth-order valence-corrected chi connectivity index (χ4v) is 16.9. The topological polar surface area (TPSA) is 312 Å². The number of aryl methyl sites for hydroxylation is 1. The number of anilines is 2. The van der Waals surface area contributed by atoms with E-state index in [1.807, 2.05) is 30.9 Å². The van der Waals surface area contributed by atoms with E-state index >= 15 is 0 Å². The van der Waals surface area contributed by atoms with Crippen LogP contribution in [0.2, 0.25) is 0 Å². The number of likely N-dealkylation sites (N-methyl/N-ethyl adjacent to an activating group) is 4. The zero-order valence-corrected chi connectivity index (χ0v) is 58.5. The molecule has 3 N–H and O–H groups in total. The lowest BCUT2D eigenvalue weighted by Gasteiger charge is -2.28. The molecule has 0 atom stereocenters. The number of likely N-dealkylation sites (tertiary alicyclic amines) is 1. The Morgan fingerprint density at radius 1 is 0.515 bits per heavy atom. The summed E-state index contributed by atoms with van der Waals surface area (Å²) in [5.74, 6) is 0.0391. The van der Waals surface area contributed by atoms with Crippen LogP contribution in [-0.2, 0) is 51.5 Å². The van der Waals surface area contributed by atoms with E-state index in [0.29, 0.717) is 63.1 Å². The van der Waals surface area contributed by atoms with Crippen molar-refractivity contribution < 1.29 is 77.6 Å². The van der Waals surface area contributed by atoms with Crippen LogP contribution >= 0.6 is 0 Å². The van der Waals surface area contributed by atoms with Crippen molar-refractivity contribution in [1.29, 1.82) is 0 Å². The highest BCUT2D eigenvalue weighted by Crippen LogP contribution is 2.41. The number of oxazole rings is 1. The van der Waals surface area contributed by atoms with Crippen molar-refractivity contribution in [3.8, 4) is 11.5 Å². The molecule has 5 aromatic heterocycles. The number of nitrogens with zero attached hydrogens (tertiary/aromatic N) is 10. The Morgan fingerprint density at radius 3 is 1.50 bits per heavy atom. The molecule has 10 heterocycles. The molecule has 10 aromatic rings. The summed E-state index contributed by atoms with van der Waals surface area (Å²) in [5.41, 5.74) is 9.28. The SMILES string of the molecule is CN1CC=C(c2cn(S(=O)(=O)c3ccc4c(c3)OCCN4C)c3ccc(F)cc23)CC1.CN1CC=C(c2cn(S(=O)(=O)c3ccc4c(c3)oc(=O)n4C)c3cccnc23)CC1.CN1CCC(c2cn(S(=O)(=O)c3ccc4c(c3)OCCN4C)c3ccc(F)cc23)CC1.O=CO.O=CO.O=CO. The average molecular weight is 1450 g/mol. The van der Waals surface area contributed by atoms with Gasteiger partial charge in [0.1, 0.15) is 36.3 Å². The summed E-state index contributed by atoms with van der Waals surface area (Å²) in [6.07, 6.45) is 14.3. The number of aromatic nitrogens is 5. The van der Waals surface area contributed by atoms with Crippen LogP contribution in [0, 0.1) is 11.6 Å². The van der Waals surface area contributed by atoms with Crippen molar-refractivity contribution in [2.24, 2.45) is 7.05 Å². The van der Waals surface area contributed by atoms with Gasteiger partial charge in [0.2, 0.25) is 0 Å². The lowest BCUT2D eigenvalue weighted by Crippen LogP contribution is -2.29. The van der Waals surface area contributed by atoms with Gasteiger partial charge < -0.3 is 53.7 Å². The number of halogens is 2. The van der Waals surface area contributed by atoms with Gasteiger partial charge in [-0.2, -0.15) is 0 Å². The Bertz CT molecular complexity index is 5220. The summed E-state index contributed by atoms with van der Waals surface area (Å²) in [6, 6.07) is 26.4. The minimum Gasteiger partial charge on any atom is -0.490 e. The maximum Gasteiger partial charge on any atom is 0.419 e. The first-order valence-corrected chi connectivity index (χ1v) is 36.2. The van der Waals surface area contributed by atoms with E-state index in [4.69, 9.17) is 43.6 Å². The largest absolute Gasteiger partial charge is 0.490 e. The van der Waals surface area contributed by atoms with Gasteiger partial charge >= 0.3 is 5.76 Å². The molecule has 31 heteroatoms. The van der Waals surface area contributed by atoms with Crippen LogP contribution in [0.1, 0.15) is 48.3 Å². The number of carboxylic acid groups (broad SMARTS) is 3. The Kier molecular flexibility index (Phi) is 22.7.